The Kier molecular flexibility index (Phi) is 21.1. The lowest BCUT2D eigenvalue weighted by atomic mass is 9.85. The van der Waals surface area contributed by atoms with Crippen molar-refractivity contribution in [1.82, 2.24) is 19.6 Å². The smallest absolute Gasteiger partial charge is 0.311 e. The first-order valence-corrected chi connectivity index (χ1v) is 19.2. The van der Waals surface area contributed by atoms with Crippen LogP contribution in [-0.4, -0.2) is 126 Å². The first kappa shape index (κ1) is 46.3. The molecular weight excluding hydrogens is 688 g/mol. The Bertz CT molecular complexity index is 1370. The lowest BCUT2D eigenvalue weighted by molar-refractivity contribution is -0.137. The lowest BCUT2D eigenvalue weighted by Gasteiger charge is -2.21. The van der Waals surface area contributed by atoms with Crippen molar-refractivity contribution in [3.63, 3.8) is 0 Å². The predicted octanol–water partition coefficient (Wildman–Crippen LogP) is 5.73. The minimum absolute atomic E-state index is 0.194. The molecule has 0 amide bonds. The summed E-state index contributed by atoms with van der Waals surface area (Å²) in [6.45, 7) is 7.35. The van der Waals surface area contributed by atoms with E-state index in [0.29, 0.717) is 38.5 Å². The number of carbonyl (C=O) groups excluding carboxylic acids is 4. The molecule has 0 spiro atoms. The van der Waals surface area contributed by atoms with Gasteiger partial charge >= 0.3 is 23.9 Å². The summed E-state index contributed by atoms with van der Waals surface area (Å²) in [6.07, 6.45) is 4.97. The maximum Gasteiger partial charge on any atom is 0.311 e. The quantitative estimate of drug-likeness (QED) is 0.0910. The molecule has 2 atom stereocenters. The third-order valence-electron chi connectivity index (χ3n) is 8.94. The van der Waals surface area contributed by atoms with Gasteiger partial charge in [0.2, 0.25) is 0 Å². The Hall–Kier alpha value is -3.84. The van der Waals surface area contributed by atoms with Gasteiger partial charge in [-0.15, -0.1) is 0 Å². The van der Waals surface area contributed by atoms with Gasteiger partial charge in [0.15, 0.2) is 23.0 Å². The van der Waals surface area contributed by atoms with E-state index in [-0.39, 0.29) is 84.4 Å². The van der Waals surface area contributed by atoms with Crippen LogP contribution in [0.1, 0.15) is 76.3 Å². The largest absolute Gasteiger partial charge is 0.423 e. The maximum absolute atomic E-state index is 12.8. The van der Waals surface area contributed by atoms with Gasteiger partial charge < -0.3 is 38.5 Å². The van der Waals surface area contributed by atoms with Crippen molar-refractivity contribution in [1.29, 1.82) is 0 Å². The van der Waals surface area contributed by atoms with E-state index in [1.165, 1.54) is 0 Å². The van der Waals surface area contributed by atoms with Crippen molar-refractivity contribution < 1.29 is 38.1 Å². The fraction of sp³-hybridized carbons (Fsp3) is 0.619. The summed E-state index contributed by atoms with van der Waals surface area (Å²) in [6, 6.07) is 10.8. The summed E-state index contributed by atoms with van der Waals surface area (Å²) < 4.78 is 22.9. The van der Waals surface area contributed by atoms with Gasteiger partial charge in [0.05, 0.1) is 0 Å². The molecule has 0 bridgehead atoms. The molecule has 2 aromatic rings. The van der Waals surface area contributed by atoms with Crippen molar-refractivity contribution in [2.24, 2.45) is 11.8 Å². The summed E-state index contributed by atoms with van der Waals surface area (Å²) in [5.41, 5.74) is 1.89. The molecule has 302 valence electrons. The minimum Gasteiger partial charge on any atom is -0.423 e. The van der Waals surface area contributed by atoms with Gasteiger partial charge in [-0.2, -0.15) is 0 Å². The van der Waals surface area contributed by atoms with Crippen molar-refractivity contribution >= 4 is 23.9 Å². The fourth-order valence-electron chi connectivity index (χ4n) is 5.69. The molecule has 2 rings (SSSR count). The molecule has 0 aromatic heterocycles. The van der Waals surface area contributed by atoms with Crippen LogP contribution in [0.4, 0.5) is 0 Å². The summed E-state index contributed by atoms with van der Waals surface area (Å²) in [7, 11) is 15.6. The highest BCUT2D eigenvalue weighted by atomic mass is 16.6. The molecule has 2 aromatic carbocycles. The Balaban J connectivity index is 2.21. The van der Waals surface area contributed by atoms with Gasteiger partial charge in [0, 0.05) is 25.7 Å². The number of nitrogens with zero attached hydrogens (tertiary/aromatic N) is 4. The zero-order chi connectivity index (χ0) is 40.2. The van der Waals surface area contributed by atoms with Crippen molar-refractivity contribution in [2.75, 3.05) is 82.6 Å². The number of hydrogen-bond acceptors (Lipinski definition) is 12. The van der Waals surface area contributed by atoms with Gasteiger partial charge in [0.1, 0.15) is 0 Å². The van der Waals surface area contributed by atoms with Crippen LogP contribution in [0.5, 0.6) is 23.0 Å². The van der Waals surface area contributed by atoms with E-state index in [9.17, 15) is 19.2 Å². The van der Waals surface area contributed by atoms with E-state index in [1.807, 2.05) is 88.1 Å². The molecule has 0 saturated carbocycles. The van der Waals surface area contributed by atoms with Crippen LogP contribution in [-0.2, 0) is 32.0 Å². The average Bonchev–Trinajstić information content (AvgIpc) is 3.06. The van der Waals surface area contributed by atoms with Crippen LogP contribution in [0.25, 0.3) is 0 Å². The van der Waals surface area contributed by atoms with Crippen LogP contribution >= 0.6 is 0 Å². The highest BCUT2D eigenvalue weighted by Crippen LogP contribution is 2.34. The first-order chi connectivity index (χ1) is 25.5. The molecule has 0 aliphatic carbocycles. The Morgan fingerprint density at radius 3 is 0.963 bits per heavy atom. The van der Waals surface area contributed by atoms with Crippen LogP contribution in [0.15, 0.2) is 36.4 Å². The van der Waals surface area contributed by atoms with E-state index < -0.39 is 0 Å². The van der Waals surface area contributed by atoms with E-state index in [1.54, 1.807) is 24.3 Å². The SMILES string of the molecule is C[C@H](Cc1ccc(OC(=O)CCCN(C)C)c(OC(=O)CCCN(C)C)c1)[C@@H](C)Cc1ccc(OC(=O)CCCN(C)C)c(OC(=O)CCCN(C)C)c1. The molecule has 12 nitrogen and oxygen atoms in total. The van der Waals surface area contributed by atoms with E-state index >= 15 is 0 Å². The first-order valence-electron chi connectivity index (χ1n) is 19.2. The predicted molar refractivity (Wildman–Crippen MR) is 212 cm³/mol. The topological polar surface area (TPSA) is 118 Å². The average molecular weight is 755 g/mol. The monoisotopic (exact) mass is 754 g/mol. The summed E-state index contributed by atoms with van der Waals surface area (Å²) in [4.78, 5) is 58.9. The Morgan fingerprint density at radius 2 is 0.704 bits per heavy atom. The number of benzene rings is 2. The third-order valence-corrected chi connectivity index (χ3v) is 8.94. The molecular formula is C42H66N4O8. The molecule has 54 heavy (non-hydrogen) atoms. The van der Waals surface area contributed by atoms with E-state index in [2.05, 4.69) is 13.8 Å². The molecule has 0 heterocycles. The standard InChI is InChI=1S/C42H66N4O8/c1-31(27-33-19-21-35(51-39(47)15-11-23-43(3)4)37(29-33)53-41(49)17-13-25-45(7)8)32(2)28-34-20-22-36(52-40(48)16-12-24-44(5)6)38(30-34)54-42(50)18-14-26-46(9)10/h19-22,29-32H,11-18,23-28H2,1-10H3/t31-,32+. The third kappa shape index (κ3) is 19.5. The summed E-state index contributed by atoms with van der Waals surface area (Å²) in [5.74, 6) is -0.164. The zero-order valence-corrected chi connectivity index (χ0v) is 34.6. The van der Waals surface area contributed by atoms with Gasteiger partial charge in [-0.1, -0.05) is 26.0 Å². The molecule has 0 radical (unpaired) electrons. The molecule has 12 heteroatoms. The van der Waals surface area contributed by atoms with Crippen molar-refractivity contribution in [3.8, 4) is 23.0 Å². The number of carbonyl (C=O) groups is 4. The molecule has 0 unspecified atom stereocenters. The minimum atomic E-state index is -0.378. The van der Waals surface area contributed by atoms with Gasteiger partial charge in [-0.05, 0) is 168 Å². The number of ether oxygens (including phenoxy) is 4. The van der Waals surface area contributed by atoms with Crippen LogP contribution in [0, 0.1) is 11.8 Å². The van der Waals surface area contributed by atoms with E-state index in [0.717, 1.165) is 37.3 Å². The maximum atomic E-state index is 12.8. The van der Waals surface area contributed by atoms with Crippen molar-refractivity contribution in [2.45, 2.75) is 78.1 Å². The molecule has 0 aliphatic rings. The molecule has 0 fully saturated rings. The molecule has 0 saturated heterocycles. The lowest BCUT2D eigenvalue weighted by Crippen LogP contribution is -2.18. The summed E-state index contributed by atoms with van der Waals surface area (Å²) >= 11 is 0. The van der Waals surface area contributed by atoms with Gasteiger partial charge in [0.25, 0.3) is 0 Å². The second-order valence-corrected chi connectivity index (χ2v) is 15.4. The molecule has 0 aliphatic heterocycles. The number of esters is 4. The van der Waals surface area contributed by atoms with Crippen LogP contribution < -0.4 is 18.9 Å². The Labute approximate surface area is 324 Å². The van der Waals surface area contributed by atoms with Crippen LogP contribution in [0.3, 0.4) is 0 Å². The molecule has 0 N–H and O–H groups in total. The highest BCUT2D eigenvalue weighted by molar-refractivity contribution is 5.77. The normalized spacial score (nSPS) is 12.6. The fourth-order valence-corrected chi connectivity index (χ4v) is 5.69. The highest BCUT2D eigenvalue weighted by Gasteiger charge is 2.21. The number of rotatable bonds is 25. The summed E-state index contributed by atoms with van der Waals surface area (Å²) in [5, 5.41) is 0. The van der Waals surface area contributed by atoms with Gasteiger partial charge in [-0.25, -0.2) is 0 Å². The second kappa shape index (κ2) is 24.5. The van der Waals surface area contributed by atoms with Crippen molar-refractivity contribution in [3.05, 3.63) is 47.5 Å². The zero-order valence-electron chi connectivity index (χ0n) is 34.6. The van der Waals surface area contributed by atoms with E-state index in [4.69, 9.17) is 18.9 Å². The van der Waals surface area contributed by atoms with Gasteiger partial charge in [-0.3, -0.25) is 19.2 Å². The Morgan fingerprint density at radius 1 is 0.444 bits per heavy atom. The number of hydrogen-bond donors (Lipinski definition) is 0. The second-order valence-electron chi connectivity index (χ2n) is 15.4. The van der Waals surface area contributed by atoms with Crippen LogP contribution in [0.2, 0.25) is 0 Å².